The van der Waals surface area contributed by atoms with Gasteiger partial charge in [-0.05, 0) is 13.0 Å². The van der Waals surface area contributed by atoms with Crippen molar-refractivity contribution in [1.82, 2.24) is 5.32 Å². The third-order valence-corrected chi connectivity index (χ3v) is 1.54. The van der Waals surface area contributed by atoms with Crippen molar-refractivity contribution in [2.75, 3.05) is 19.9 Å². The van der Waals surface area contributed by atoms with E-state index in [1.165, 1.54) is 0 Å². The number of ether oxygens (including phenoxy) is 1. The zero-order chi connectivity index (χ0) is 7.40. The first-order valence-corrected chi connectivity index (χ1v) is 3.32. The highest BCUT2D eigenvalue weighted by Gasteiger charge is 2.18. The summed E-state index contributed by atoms with van der Waals surface area (Å²) in [7, 11) is 0. The summed E-state index contributed by atoms with van der Waals surface area (Å²) in [6.07, 6.45) is 0.662. The van der Waals surface area contributed by atoms with Crippen LogP contribution < -0.4 is 5.32 Å². The van der Waals surface area contributed by atoms with E-state index in [0.29, 0.717) is 19.8 Å². The quantitative estimate of drug-likeness (QED) is 0.529. The Bertz CT molecular complexity index is 118. The molecule has 4 heteroatoms. The van der Waals surface area contributed by atoms with Gasteiger partial charge in [0.1, 0.15) is 0 Å². The molecule has 1 atom stereocenters. The van der Waals surface area contributed by atoms with Crippen LogP contribution in [-0.2, 0) is 9.53 Å². The van der Waals surface area contributed by atoms with Crippen molar-refractivity contribution in [3.8, 4) is 0 Å². The molecule has 4 nitrogen and oxygen atoms in total. The van der Waals surface area contributed by atoms with Gasteiger partial charge in [-0.15, -0.1) is 0 Å². The molecule has 0 aromatic heterocycles. The maximum absolute atomic E-state index is 10.4. The summed E-state index contributed by atoms with van der Waals surface area (Å²) in [5, 5.41) is 11.5. The third kappa shape index (κ3) is 1.97. The highest BCUT2D eigenvalue weighted by molar-refractivity contribution is 5.70. The van der Waals surface area contributed by atoms with Crippen LogP contribution in [-0.4, -0.2) is 31.0 Å². The predicted molar refractivity (Wildman–Crippen MR) is 34.6 cm³/mol. The summed E-state index contributed by atoms with van der Waals surface area (Å²) in [5.74, 6) is -1.08. The van der Waals surface area contributed by atoms with Gasteiger partial charge in [-0.25, -0.2) is 0 Å². The molecule has 0 bridgehead atoms. The normalized spacial score (nSPS) is 27.4. The van der Waals surface area contributed by atoms with E-state index in [1.54, 1.807) is 0 Å². The van der Waals surface area contributed by atoms with Gasteiger partial charge in [-0.2, -0.15) is 0 Å². The van der Waals surface area contributed by atoms with E-state index < -0.39 is 5.97 Å². The Morgan fingerprint density at radius 2 is 2.50 bits per heavy atom. The van der Waals surface area contributed by atoms with Crippen molar-refractivity contribution < 1.29 is 14.6 Å². The van der Waals surface area contributed by atoms with E-state index in [1.807, 2.05) is 0 Å². The standard InChI is InChI=1S/C6H11NO3/c8-6(9)5-1-2-7-4-10-3-5/h5,7H,1-4H2,(H,8,9)/t5-/m1/s1. The Hall–Kier alpha value is -0.610. The Morgan fingerprint density at radius 1 is 1.70 bits per heavy atom. The van der Waals surface area contributed by atoms with E-state index in [0.717, 1.165) is 6.54 Å². The molecule has 58 valence electrons. The molecule has 0 saturated carbocycles. The van der Waals surface area contributed by atoms with Crippen LogP contribution in [0.15, 0.2) is 0 Å². The van der Waals surface area contributed by atoms with E-state index in [-0.39, 0.29) is 5.92 Å². The molecule has 10 heavy (non-hydrogen) atoms. The first-order chi connectivity index (χ1) is 4.80. The van der Waals surface area contributed by atoms with E-state index in [9.17, 15) is 4.79 Å². The molecule has 1 heterocycles. The zero-order valence-corrected chi connectivity index (χ0v) is 5.67. The number of nitrogens with one attached hydrogen (secondary N) is 1. The number of carbonyl (C=O) groups is 1. The summed E-state index contributed by atoms with van der Waals surface area (Å²) < 4.78 is 4.98. The lowest BCUT2D eigenvalue weighted by Gasteiger charge is -2.05. The topological polar surface area (TPSA) is 58.6 Å². The number of hydrogen-bond acceptors (Lipinski definition) is 3. The van der Waals surface area contributed by atoms with Crippen LogP contribution in [0.3, 0.4) is 0 Å². The second-order valence-electron chi connectivity index (χ2n) is 2.34. The van der Waals surface area contributed by atoms with Crippen LogP contribution in [0.4, 0.5) is 0 Å². The molecular formula is C6H11NO3. The molecule has 1 saturated heterocycles. The lowest BCUT2D eigenvalue weighted by atomic mass is 10.1. The highest BCUT2D eigenvalue weighted by Crippen LogP contribution is 2.05. The molecule has 1 fully saturated rings. The molecule has 0 radical (unpaired) electrons. The van der Waals surface area contributed by atoms with Crippen LogP contribution in [0.25, 0.3) is 0 Å². The maximum Gasteiger partial charge on any atom is 0.308 e. The SMILES string of the molecule is O=C(O)[C@@H]1CCNCOC1. The van der Waals surface area contributed by atoms with E-state index >= 15 is 0 Å². The molecule has 0 aliphatic carbocycles. The van der Waals surface area contributed by atoms with Gasteiger partial charge in [0.05, 0.1) is 19.3 Å². The van der Waals surface area contributed by atoms with Crippen LogP contribution in [0.1, 0.15) is 6.42 Å². The molecular weight excluding hydrogens is 134 g/mol. The van der Waals surface area contributed by atoms with Crippen LogP contribution in [0.2, 0.25) is 0 Å². The first-order valence-electron chi connectivity index (χ1n) is 3.32. The summed E-state index contributed by atoms with van der Waals surface area (Å²) >= 11 is 0. The maximum atomic E-state index is 10.4. The molecule has 0 spiro atoms. The van der Waals surface area contributed by atoms with Crippen molar-refractivity contribution in [2.45, 2.75) is 6.42 Å². The predicted octanol–water partition coefficient (Wildman–Crippen LogP) is -0.345. The number of rotatable bonds is 1. The largest absolute Gasteiger partial charge is 0.481 e. The summed E-state index contributed by atoms with van der Waals surface area (Å²) in [4.78, 5) is 10.4. The van der Waals surface area contributed by atoms with Gasteiger partial charge in [0.25, 0.3) is 0 Å². The Morgan fingerprint density at radius 3 is 3.20 bits per heavy atom. The minimum Gasteiger partial charge on any atom is -0.481 e. The smallest absolute Gasteiger partial charge is 0.308 e. The lowest BCUT2D eigenvalue weighted by Crippen LogP contribution is -2.18. The number of carboxylic acid groups (broad SMARTS) is 1. The molecule has 1 rings (SSSR count). The molecule has 0 aromatic carbocycles. The fourth-order valence-corrected chi connectivity index (χ4v) is 0.900. The van der Waals surface area contributed by atoms with Crippen LogP contribution in [0.5, 0.6) is 0 Å². The zero-order valence-electron chi connectivity index (χ0n) is 5.67. The number of carboxylic acids is 1. The average Bonchev–Trinajstić information content (AvgIpc) is 2.12. The molecule has 0 amide bonds. The second-order valence-corrected chi connectivity index (χ2v) is 2.34. The average molecular weight is 145 g/mol. The number of aliphatic carboxylic acids is 1. The highest BCUT2D eigenvalue weighted by atomic mass is 16.5. The van der Waals surface area contributed by atoms with Crippen LogP contribution in [0, 0.1) is 5.92 Å². The molecule has 1 aliphatic heterocycles. The van der Waals surface area contributed by atoms with Crippen molar-refractivity contribution in [3.05, 3.63) is 0 Å². The van der Waals surface area contributed by atoms with Gasteiger partial charge in [-0.3, -0.25) is 10.1 Å². The van der Waals surface area contributed by atoms with Gasteiger partial charge in [0, 0.05) is 0 Å². The monoisotopic (exact) mass is 145 g/mol. The summed E-state index contributed by atoms with van der Waals surface area (Å²) in [6, 6.07) is 0. The van der Waals surface area contributed by atoms with Crippen molar-refractivity contribution in [2.24, 2.45) is 5.92 Å². The molecule has 0 aromatic rings. The lowest BCUT2D eigenvalue weighted by molar-refractivity contribution is -0.143. The van der Waals surface area contributed by atoms with Crippen molar-refractivity contribution >= 4 is 5.97 Å². The Labute approximate surface area is 59.2 Å². The fraction of sp³-hybridized carbons (Fsp3) is 0.833. The van der Waals surface area contributed by atoms with Crippen molar-refractivity contribution in [3.63, 3.8) is 0 Å². The minimum atomic E-state index is -0.760. The van der Waals surface area contributed by atoms with Gasteiger partial charge in [-0.1, -0.05) is 0 Å². The third-order valence-electron chi connectivity index (χ3n) is 1.54. The summed E-state index contributed by atoms with van der Waals surface area (Å²) in [6.45, 7) is 1.54. The number of hydrogen-bond donors (Lipinski definition) is 2. The van der Waals surface area contributed by atoms with E-state index in [4.69, 9.17) is 9.84 Å². The molecule has 2 N–H and O–H groups in total. The van der Waals surface area contributed by atoms with Gasteiger partial charge in [0.15, 0.2) is 0 Å². The second kappa shape index (κ2) is 3.53. The molecule has 1 aliphatic rings. The minimum absolute atomic E-state index is 0.324. The Kier molecular flexibility index (Phi) is 2.65. The van der Waals surface area contributed by atoms with Crippen molar-refractivity contribution in [1.29, 1.82) is 0 Å². The van der Waals surface area contributed by atoms with Crippen LogP contribution >= 0.6 is 0 Å². The Balaban J connectivity index is 2.35. The molecule has 0 unspecified atom stereocenters. The summed E-state index contributed by atoms with van der Waals surface area (Å²) in [5.41, 5.74) is 0. The fourth-order valence-electron chi connectivity index (χ4n) is 0.900. The van der Waals surface area contributed by atoms with Gasteiger partial charge < -0.3 is 9.84 Å². The first kappa shape index (κ1) is 7.50. The van der Waals surface area contributed by atoms with Gasteiger partial charge in [0.2, 0.25) is 0 Å². The van der Waals surface area contributed by atoms with Gasteiger partial charge >= 0.3 is 5.97 Å². The van der Waals surface area contributed by atoms with E-state index in [2.05, 4.69) is 5.32 Å².